The number of ketones is 1. The van der Waals surface area contributed by atoms with Crippen LogP contribution in [0.5, 0.6) is 0 Å². The van der Waals surface area contributed by atoms with E-state index in [1.54, 1.807) is 6.08 Å². The van der Waals surface area contributed by atoms with Crippen molar-refractivity contribution >= 4 is 5.78 Å². The molecule has 36 heavy (non-hydrogen) atoms. The molecule has 5 atom stereocenters. The van der Waals surface area contributed by atoms with Crippen molar-refractivity contribution in [3.05, 3.63) is 58.2 Å². The van der Waals surface area contributed by atoms with Gasteiger partial charge in [-0.15, -0.1) is 0 Å². The van der Waals surface area contributed by atoms with Crippen molar-refractivity contribution in [2.75, 3.05) is 6.61 Å². The van der Waals surface area contributed by atoms with Gasteiger partial charge in [-0.2, -0.15) is 22.0 Å². The maximum Gasteiger partial charge on any atom is 0.456 e. The highest BCUT2D eigenvalue weighted by Gasteiger charge is 2.79. The Morgan fingerprint density at radius 2 is 1.83 bits per heavy atom. The van der Waals surface area contributed by atoms with Crippen LogP contribution in [0.3, 0.4) is 0 Å². The number of carbonyl (C=O) groups is 1. The van der Waals surface area contributed by atoms with Crippen LogP contribution in [0.2, 0.25) is 0 Å². The number of aliphatic hydroxyl groups excluding tert-OH is 1. The van der Waals surface area contributed by atoms with Crippen LogP contribution in [-0.4, -0.2) is 40.3 Å². The molecule has 0 aromatic heterocycles. The fourth-order valence-electron chi connectivity index (χ4n) is 7.81. The van der Waals surface area contributed by atoms with Gasteiger partial charge in [0.2, 0.25) is 0 Å². The lowest BCUT2D eigenvalue weighted by Gasteiger charge is -2.56. The van der Waals surface area contributed by atoms with Gasteiger partial charge in [0.25, 0.3) is 0 Å². The minimum absolute atomic E-state index is 0.0427. The summed E-state index contributed by atoms with van der Waals surface area (Å²) in [6.07, 6.45) is -2.34. The first-order chi connectivity index (χ1) is 16.8. The Morgan fingerprint density at radius 1 is 1.08 bits per heavy atom. The smallest absolute Gasteiger partial charge is 0.396 e. The van der Waals surface area contributed by atoms with Gasteiger partial charge in [0.05, 0.1) is 0 Å². The summed E-state index contributed by atoms with van der Waals surface area (Å²) >= 11 is 0. The van der Waals surface area contributed by atoms with Gasteiger partial charge in [0, 0.05) is 24.4 Å². The Balaban J connectivity index is 1.69. The number of hydrogen-bond donors (Lipinski definition) is 2. The van der Waals surface area contributed by atoms with Crippen LogP contribution < -0.4 is 0 Å². The Bertz CT molecular complexity index is 1140. The molecule has 0 bridgehead atoms. The van der Waals surface area contributed by atoms with E-state index in [9.17, 15) is 28.2 Å². The molecular formula is C28H31F5O3. The second-order valence-electron chi connectivity index (χ2n) is 11.2. The van der Waals surface area contributed by atoms with Crippen LogP contribution in [-0.2, 0) is 11.2 Å². The summed E-state index contributed by atoms with van der Waals surface area (Å²) in [4.78, 5) is 12.1. The normalized spacial score (nSPS) is 34.7. The number of fused-ring (bicyclic) bond motifs is 4. The number of alkyl halides is 5. The van der Waals surface area contributed by atoms with Crippen LogP contribution in [0, 0.1) is 17.3 Å². The summed E-state index contributed by atoms with van der Waals surface area (Å²) < 4.78 is 70.9. The first kappa shape index (κ1) is 25.6. The third kappa shape index (κ3) is 3.54. The number of hydrogen-bond acceptors (Lipinski definition) is 3. The largest absolute Gasteiger partial charge is 0.456 e. The van der Waals surface area contributed by atoms with Crippen molar-refractivity contribution in [3.63, 3.8) is 0 Å². The molecule has 196 valence electrons. The zero-order valence-electron chi connectivity index (χ0n) is 20.2. The second-order valence-corrected chi connectivity index (χ2v) is 11.2. The zero-order valence-corrected chi connectivity index (χ0v) is 20.2. The number of rotatable bonds is 4. The van der Waals surface area contributed by atoms with Gasteiger partial charge in [0.15, 0.2) is 5.78 Å². The first-order valence-corrected chi connectivity index (χ1v) is 12.7. The lowest BCUT2D eigenvalue weighted by atomic mass is 9.50. The average molecular weight is 511 g/mol. The summed E-state index contributed by atoms with van der Waals surface area (Å²) in [6, 6.07) is 7.39. The third-order valence-corrected chi connectivity index (χ3v) is 9.52. The number of allylic oxidation sites excluding steroid dienone is 4. The highest BCUT2D eigenvalue weighted by Crippen LogP contribution is 2.70. The van der Waals surface area contributed by atoms with Crippen molar-refractivity contribution in [3.8, 4) is 0 Å². The van der Waals surface area contributed by atoms with E-state index in [1.807, 2.05) is 24.3 Å². The van der Waals surface area contributed by atoms with E-state index >= 15 is 8.78 Å². The van der Waals surface area contributed by atoms with Crippen LogP contribution in [0.25, 0.3) is 0 Å². The molecule has 5 rings (SSSR count). The van der Waals surface area contributed by atoms with E-state index in [4.69, 9.17) is 0 Å². The Kier molecular flexibility index (Phi) is 6.03. The van der Waals surface area contributed by atoms with E-state index in [0.29, 0.717) is 32.1 Å². The zero-order chi connectivity index (χ0) is 26.1. The molecule has 8 heteroatoms. The molecule has 0 saturated heterocycles. The summed E-state index contributed by atoms with van der Waals surface area (Å²) in [6.45, 7) is 1.35. The first-order valence-electron chi connectivity index (χ1n) is 12.7. The molecule has 0 amide bonds. The molecular weight excluding hydrogens is 479 g/mol. The standard InChI is InChI=1S/C28H31F5O3/c1-25-15-22(17-4-2-3-16(13-17)10-12-34)24-20-8-6-19(35)14-18(20)5-7-21(24)23(25)9-11-26(25,36)27(29,30)28(31,32)33/h2-4,13-14,21-23,34,36H,5-12,15H2,1H3/t21-,22+,23-,25-,26-/m0/s1. The summed E-state index contributed by atoms with van der Waals surface area (Å²) in [5, 5.41) is 20.7. The molecule has 0 spiro atoms. The van der Waals surface area contributed by atoms with Gasteiger partial charge < -0.3 is 10.2 Å². The fourth-order valence-corrected chi connectivity index (χ4v) is 7.81. The molecule has 0 unspecified atom stereocenters. The lowest BCUT2D eigenvalue weighted by molar-refractivity contribution is -0.362. The van der Waals surface area contributed by atoms with Crippen molar-refractivity contribution in [1.82, 2.24) is 0 Å². The SMILES string of the molecule is C[C@]12C[C@H](c3cccc(CCO)c3)C3=C4CCC(=O)C=C4CC[C@H]3[C@@H]1CC[C@@]2(O)C(F)(F)C(F)(F)F. The van der Waals surface area contributed by atoms with Crippen molar-refractivity contribution in [2.45, 2.75) is 81.9 Å². The Labute approximate surface area is 207 Å². The van der Waals surface area contributed by atoms with Gasteiger partial charge >= 0.3 is 12.1 Å². The Hall–Kier alpha value is -2.06. The molecule has 2 N–H and O–H groups in total. The molecule has 0 radical (unpaired) electrons. The number of carbonyl (C=O) groups excluding carboxylic acids is 1. The highest BCUT2D eigenvalue weighted by atomic mass is 19.4. The van der Waals surface area contributed by atoms with E-state index in [0.717, 1.165) is 27.8 Å². The summed E-state index contributed by atoms with van der Waals surface area (Å²) in [5.41, 5.74) is -0.200. The molecule has 0 heterocycles. The minimum atomic E-state index is -5.86. The van der Waals surface area contributed by atoms with Gasteiger partial charge in [-0.3, -0.25) is 4.79 Å². The molecule has 3 nitrogen and oxygen atoms in total. The van der Waals surface area contributed by atoms with E-state index in [1.165, 1.54) is 6.92 Å². The van der Waals surface area contributed by atoms with E-state index < -0.39 is 41.4 Å². The molecule has 2 saturated carbocycles. The average Bonchev–Trinajstić information content (AvgIpc) is 3.09. The van der Waals surface area contributed by atoms with Crippen LogP contribution in [0.1, 0.15) is 68.9 Å². The molecule has 0 aliphatic heterocycles. The number of halogens is 5. The fraction of sp³-hybridized carbons (Fsp3) is 0.607. The van der Waals surface area contributed by atoms with Gasteiger partial charge in [-0.25, -0.2) is 0 Å². The number of benzene rings is 1. The quantitative estimate of drug-likeness (QED) is 0.485. The summed E-state index contributed by atoms with van der Waals surface area (Å²) in [5.74, 6) is -6.41. The minimum Gasteiger partial charge on any atom is -0.396 e. The highest BCUT2D eigenvalue weighted by molar-refractivity contribution is 5.93. The van der Waals surface area contributed by atoms with E-state index in [2.05, 4.69) is 0 Å². The molecule has 2 fully saturated rings. The van der Waals surface area contributed by atoms with Crippen LogP contribution in [0.4, 0.5) is 22.0 Å². The van der Waals surface area contributed by atoms with Gasteiger partial charge in [0.1, 0.15) is 5.60 Å². The molecule has 1 aromatic rings. The monoisotopic (exact) mass is 510 g/mol. The predicted molar refractivity (Wildman–Crippen MR) is 123 cm³/mol. The number of aliphatic hydroxyl groups is 2. The van der Waals surface area contributed by atoms with Crippen LogP contribution in [0.15, 0.2) is 47.1 Å². The second kappa shape index (κ2) is 8.48. The van der Waals surface area contributed by atoms with Gasteiger partial charge in [-0.1, -0.05) is 36.8 Å². The lowest BCUT2D eigenvalue weighted by Crippen LogP contribution is -2.65. The van der Waals surface area contributed by atoms with Crippen molar-refractivity contribution in [1.29, 1.82) is 0 Å². The molecule has 4 aliphatic carbocycles. The van der Waals surface area contributed by atoms with Crippen molar-refractivity contribution < 1.29 is 37.0 Å². The molecule has 4 aliphatic rings. The predicted octanol–water partition coefficient (Wildman–Crippen LogP) is 6.05. The molecule has 1 aromatic carbocycles. The topological polar surface area (TPSA) is 57.5 Å². The van der Waals surface area contributed by atoms with Gasteiger partial charge in [-0.05, 0) is 85.1 Å². The van der Waals surface area contributed by atoms with E-state index in [-0.39, 0.29) is 31.1 Å². The van der Waals surface area contributed by atoms with Crippen LogP contribution >= 0.6 is 0 Å². The maximum atomic E-state index is 15.0. The Morgan fingerprint density at radius 3 is 2.53 bits per heavy atom. The summed E-state index contributed by atoms with van der Waals surface area (Å²) in [7, 11) is 0. The third-order valence-electron chi connectivity index (χ3n) is 9.52. The maximum absolute atomic E-state index is 15.0. The van der Waals surface area contributed by atoms with Crippen molar-refractivity contribution in [2.24, 2.45) is 17.3 Å².